The van der Waals surface area contributed by atoms with E-state index >= 15 is 8.78 Å². The van der Waals surface area contributed by atoms with Crippen LogP contribution in [0.2, 0.25) is 0 Å². The van der Waals surface area contributed by atoms with E-state index in [0.717, 1.165) is 38.2 Å². The third-order valence-corrected chi connectivity index (χ3v) is 9.37. The molecule has 3 aliphatic rings. The van der Waals surface area contributed by atoms with Gasteiger partial charge in [0.1, 0.15) is 22.9 Å². The summed E-state index contributed by atoms with van der Waals surface area (Å²) in [4.78, 5) is 15.7. The summed E-state index contributed by atoms with van der Waals surface area (Å²) in [6, 6.07) is 11.9. The van der Waals surface area contributed by atoms with Crippen molar-refractivity contribution in [3.05, 3.63) is 71.0 Å². The van der Waals surface area contributed by atoms with Crippen molar-refractivity contribution in [2.24, 2.45) is 5.73 Å². The maximum atomic E-state index is 15.9. The molecule has 1 amide bonds. The van der Waals surface area contributed by atoms with Crippen LogP contribution in [-0.4, -0.2) is 54.6 Å². The third-order valence-electron chi connectivity index (χ3n) is 9.37. The van der Waals surface area contributed by atoms with Crippen molar-refractivity contribution in [2.45, 2.75) is 75.2 Å². The molecule has 2 bridgehead atoms. The number of aromatic nitrogens is 3. The van der Waals surface area contributed by atoms with Gasteiger partial charge in [0.05, 0.1) is 17.7 Å². The lowest BCUT2D eigenvalue weighted by Crippen LogP contribution is -2.50. The van der Waals surface area contributed by atoms with Crippen LogP contribution >= 0.6 is 0 Å². The molecule has 0 radical (unpaired) electrons. The fourth-order valence-electron chi connectivity index (χ4n) is 7.02. The number of fused-ring (bicyclic) bond motifs is 3. The van der Waals surface area contributed by atoms with E-state index in [9.17, 15) is 19.6 Å². The second kappa shape index (κ2) is 10.2. The van der Waals surface area contributed by atoms with Crippen molar-refractivity contribution in [2.75, 3.05) is 0 Å². The Balaban J connectivity index is 1.35. The van der Waals surface area contributed by atoms with Crippen LogP contribution in [0.25, 0.3) is 33.3 Å². The van der Waals surface area contributed by atoms with Gasteiger partial charge in [-0.2, -0.15) is 5.26 Å². The van der Waals surface area contributed by atoms with Crippen molar-refractivity contribution in [3.8, 4) is 28.3 Å². The van der Waals surface area contributed by atoms with Crippen LogP contribution in [0, 0.1) is 28.8 Å². The van der Waals surface area contributed by atoms with Gasteiger partial charge >= 0.3 is 0 Å². The van der Waals surface area contributed by atoms with Crippen molar-refractivity contribution < 1.29 is 23.1 Å². The van der Waals surface area contributed by atoms with E-state index in [1.54, 1.807) is 18.2 Å². The highest BCUT2D eigenvalue weighted by Gasteiger charge is 2.42. The molecule has 4 aromatic rings. The molecule has 1 aliphatic carbocycles. The molecule has 0 spiro atoms. The second-order valence-corrected chi connectivity index (χ2v) is 12.1. The first-order valence-electron chi connectivity index (χ1n) is 14.5. The van der Waals surface area contributed by atoms with E-state index in [2.05, 4.69) is 10.3 Å². The van der Waals surface area contributed by atoms with Crippen LogP contribution in [0.1, 0.15) is 60.9 Å². The number of nitrogens with zero attached hydrogens (tertiary/aromatic N) is 5. The number of nitriles is 1. The van der Waals surface area contributed by atoms with Gasteiger partial charge in [-0.15, -0.1) is 5.10 Å². The first-order valence-corrected chi connectivity index (χ1v) is 14.5. The molecule has 220 valence electrons. The van der Waals surface area contributed by atoms with E-state index in [0.29, 0.717) is 29.5 Å². The minimum absolute atomic E-state index is 0.00479. The van der Waals surface area contributed by atoms with Crippen molar-refractivity contribution in [3.63, 3.8) is 0 Å². The van der Waals surface area contributed by atoms with Gasteiger partial charge in [0, 0.05) is 29.3 Å². The summed E-state index contributed by atoms with van der Waals surface area (Å²) in [5.41, 5.74) is 5.94. The Hall–Kier alpha value is -4.27. The zero-order valence-electron chi connectivity index (χ0n) is 23.2. The normalized spacial score (nSPS) is 22.4. The standard InChI is InChI=1S/C32H29F3N6O2/c33-26-11-17(2-3-19(26)15-36)24-10-18(31(42)41-21-5-6-22(41)13-20(37)12-21)4-7-23(24)25-14-27-30(29(35)28(25)34)40(39-38-27)16-32(43)8-1-9-32/h2-4,7,10-11,14,20-22,43H,1,5-6,8-9,12-13,16,37H2/t20-,21+,22-. The number of rotatable bonds is 5. The Bertz CT molecular complexity index is 1810. The number of aliphatic hydroxyl groups is 1. The van der Waals surface area contributed by atoms with Crippen molar-refractivity contribution in [1.82, 2.24) is 19.9 Å². The maximum absolute atomic E-state index is 15.9. The summed E-state index contributed by atoms with van der Waals surface area (Å²) < 4.78 is 47.6. The zero-order chi connectivity index (χ0) is 30.0. The molecule has 11 heteroatoms. The molecule has 3 heterocycles. The lowest BCUT2D eigenvalue weighted by molar-refractivity contribution is -0.0493. The van der Waals surface area contributed by atoms with E-state index in [-0.39, 0.29) is 58.3 Å². The van der Waals surface area contributed by atoms with Crippen LogP contribution < -0.4 is 5.73 Å². The van der Waals surface area contributed by atoms with Gasteiger partial charge in [-0.1, -0.05) is 17.3 Å². The number of halogens is 3. The fourth-order valence-corrected chi connectivity index (χ4v) is 7.02. The highest BCUT2D eigenvalue weighted by Crippen LogP contribution is 2.41. The largest absolute Gasteiger partial charge is 0.388 e. The van der Waals surface area contributed by atoms with Crippen LogP contribution in [0.4, 0.5) is 13.2 Å². The molecule has 0 unspecified atom stereocenters. The first kappa shape index (κ1) is 27.6. The number of amides is 1. The van der Waals surface area contributed by atoms with E-state index in [1.807, 2.05) is 4.90 Å². The minimum atomic E-state index is -1.17. The number of benzene rings is 3. The van der Waals surface area contributed by atoms with Gasteiger partial charge in [-0.25, -0.2) is 17.9 Å². The van der Waals surface area contributed by atoms with E-state index in [4.69, 9.17) is 5.73 Å². The van der Waals surface area contributed by atoms with Gasteiger partial charge in [0.25, 0.3) is 5.91 Å². The van der Waals surface area contributed by atoms with Gasteiger partial charge < -0.3 is 15.7 Å². The monoisotopic (exact) mass is 586 g/mol. The SMILES string of the molecule is N#Cc1ccc(-c2cc(C(=O)N3[C@@H]4CC[C@H]3C[C@@H](N)C4)ccc2-c2cc3nnn(CC4(O)CCC4)c3c(F)c2F)cc1F. The molecule has 2 saturated heterocycles. The quantitative estimate of drug-likeness (QED) is 0.337. The number of hydrogen-bond donors (Lipinski definition) is 2. The summed E-state index contributed by atoms with van der Waals surface area (Å²) in [5, 5.41) is 27.9. The molecule has 3 atom stereocenters. The summed E-state index contributed by atoms with van der Waals surface area (Å²) in [5.74, 6) is -3.29. The Morgan fingerprint density at radius 1 is 1.02 bits per heavy atom. The Morgan fingerprint density at radius 3 is 2.42 bits per heavy atom. The highest BCUT2D eigenvalue weighted by atomic mass is 19.2. The lowest BCUT2D eigenvalue weighted by Gasteiger charge is -2.38. The van der Waals surface area contributed by atoms with Crippen LogP contribution in [0.15, 0.2) is 42.5 Å². The third kappa shape index (κ3) is 4.56. The number of carbonyl (C=O) groups is 1. The number of nitrogens with two attached hydrogens (primary N) is 1. The predicted octanol–water partition coefficient (Wildman–Crippen LogP) is 5.06. The molecular formula is C32H29F3N6O2. The Labute approximate surface area is 245 Å². The Morgan fingerprint density at radius 2 is 1.77 bits per heavy atom. The molecule has 1 saturated carbocycles. The Kier molecular flexibility index (Phi) is 6.52. The minimum Gasteiger partial charge on any atom is -0.388 e. The summed E-state index contributed by atoms with van der Waals surface area (Å²) in [6.45, 7) is -0.00479. The van der Waals surface area contributed by atoms with Crippen LogP contribution in [0.3, 0.4) is 0 Å². The topological polar surface area (TPSA) is 121 Å². The van der Waals surface area contributed by atoms with Gasteiger partial charge in [0.2, 0.25) is 0 Å². The summed E-state index contributed by atoms with van der Waals surface area (Å²) >= 11 is 0. The zero-order valence-corrected chi connectivity index (χ0v) is 23.2. The van der Waals surface area contributed by atoms with Crippen molar-refractivity contribution >= 4 is 16.9 Å². The fraction of sp³-hybridized carbons (Fsp3) is 0.375. The molecule has 7 rings (SSSR count). The van der Waals surface area contributed by atoms with E-state index < -0.39 is 23.1 Å². The number of carbonyl (C=O) groups excluding carboxylic acids is 1. The molecule has 3 fully saturated rings. The second-order valence-electron chi connectivity index (χ2n) is 12.1. The smallest absolute Gasteiger partial charge is 0.254 e. The van der Waals surface area contributed by atoms with E-state index in [1.165, 1.54) is 28.9 Å². The van der Waals surface area contributed by atoms with Gasteiger partial charge in [-0.3, -0.25) is 4.79 Å². The average molecular weight is 587 g/mol. The number of piperidine rings is 1. The van der Waals surface area contributed by atoms with Crippen LogP contribution in [0.5, 0.6) is 0 Å². The molecule has 8 nitrogen and oxygen atoms in total. The summed E-state index contributed by atoms with van der Waals surface area (Å²) in [7, 11) is 0. The van der Waals surface area contributed by atoms with Crippen LogP contribution in [-0.2, 0) is 6.54 Å². The van der Waals surface area contributed by atoms with Crippen molar-refractivity contribution in [1.29, 1.82) is 5.26 Å². The molecule has 3 N–H and O–H groups in total. The predicted molar refractivity (Wildman–Crippen MR) is 152 cm³/mol. The molecule has 2 aliphatic heterocycles. The van der Waals surface area contributed by atoms with Gasteiger partial charge in [0.15, 0.2) is 11.6 Å². The molecule has 3 aromatic carbocycles. The van der Waals surface area contributed by atoms with Gasteiger partial charge in [-0.05, 0) is 92.0 Å². The lowest BCUT2D eigenvalue weighted by atomic mass is 9.80. The first-order chi connectivity index (χ1) is 20.7. The maximum Gasteiger partial charge on any atom is 0.254 e. The summed E-state index contributed by atoms with van der Waals surface area (Å²) in [6.07, 6.45) is 5.10. The molecule has 1 aromatic heterocycles. The molecule has 43 heavy (non-hydrogen) atoms. The highest BCUT2D eigenvalue weighted by molar-refractivity contribution is 5.99. The molecular weight excluding hydrogens is 557 g/mol. The average Bonchev–Trinajstić information content (AvgIpc) is 3.50. The number of hydrogen-bond acceptors (Lipinski definition) is 6.